The van der Waals surface area contributed by atoms with Crippen molar-refractivity contribution < 1.29 is 26.0 Å². The molecule has 0 spiro atoms. The number of alkyl halides is 3. The lowest BCUT2D eigenvalue weighted by molar-refractivity contribution is -0.121. The number of rotatable bonds is 3. The largest absolute Gasteiger partial charge is 0.417 e. The van der Waals surface area contributed by atoms with Gasteiger partial charge in [-0.1, -0.05) is 0 Å². The monoisotopic (exact) mass is 296 g/mol. The van der Waals surface area contributed by atoms with Crippen LogP contribution < -0.4 is 10.5 Å². The maximum atomic E-state index is 12.0. The molecule has 0 unspecified atom stereocenters. The number of fused-ring (bicyclic) bond motifs is 1. The molecule has 2 aromatic rings. The van der Waals surface area contributed by atoms with Crippen molar-refractivity contribution in [1.82, 2.24) is 9.71 Å². The van der Waals surface area contributed by atoms with E-state index in [1.54, 1.807) is 0 Å². The summed E-state index contributed by atoms with van der Waals surface area (Å²) in [5.74, 6) is -0.784. The molecule has 6 nitrogen and oxygen atoms in total. The first-order valence-electron chi connectivity index (χ1n) is 4.87. The highest BCUT2D eigenvalue weighted by Crippen LogP contribution is 2.18. The predicted molar refractivity (Wildman–Crippen MR) is 58.1 cm³/mol. The minimum absolute atomic E-state index is 0.0832. The van der Waals surface area contributed by atoms with E-state index >= 15 is 0 Å². The molecule has 0 aliphatic rings. The van der Waals surface area contributed by atoms with Crippen LogP contribution in [0.15, 0.2) is 32.3 Å². The second-order valence-corrected chi connectivity index (χ2v) is 5.38. The maximum Gasteiger partial charge on any atom is 0.417 e. The van der Waals surface area contributed by atoms with E-state index in [4.69, 9.17) is 0 Å². The average molecular weight is 296 g/mol. The fraction of sp³-hybridized carbons (Fsp3) is 0.222. The van der Waals surface area contributed by atoms with E-state index in [0.29, 0.717) is 0 Å². The van der Waals surface area contributed by atoms with Gasteiger partial charge < -0.3 is 4.42 Å². The zero-order chi connectivity index (χ0) is 14.3. The highest BCUT2D eigenvalue weighted by molar-refractivity contribution is 7.89. The van der Waals surface area contributed by atoms with Crippen LogP contribution in [-0.4, -0.2) is 26.1 Å². The lowest BCUT2D eigenvalue weighted by Crippen LogP contribution is -2.33. The molecule has 0 atom stereocenters. The van der Waals surface area contributed by atoms with Crippen LogP contribution in [0, 0.1) is 0 Å². The summed E-state index contributed by atoms with van der Waals surface area (Å²) in [6.45, 7) is -1.67. The summed E-state index contributed by atoms with van der Waals surface area (Å²) < 4.78 is 65.2. The van der Waals surface area contributed by atoms with Crippen molar-refractivity contribution >= 4 is 21.1 Å². The second-order valence-electron chi connectivity index (χ2n) is 3.61. The van der Waals surface area contributed by atoms with E-state index < -0.39 is 33.4 Å². The van der Waals surface area contributed by atoms with Gasteiger partial charge in [-0.25, -0.2) is 17.9 Å². The smallest absolute Gasteiger partial charge is 0.408 e. The molecule has 1 aromatic heterocycles. The predicted octanol–water partition coefficient (Wildman–Crippen LogP) is 0.962. The van der Waals surface area contributed by atoms with E-state index in [-0.39, 0.29) is 11.1 Å². The van der Waals surface area contributed by atoms with Gasteiger partial charge in [0.25, 0.3) is 0 Å². The number of oxazole rings is 1. The Morgan fingerprint density at radius 2 is 2.00 bits per heavy atom. The standard InChI is InChI=1S/C9H7F3N2O4S/c10-9(11,12)4-13-19(16,17)5-1-2-7-6(3-5)14-8(15)18-7/h1-3,13H,4H2,(H,14,15). The average Bonchev–Trinajstić information content (AvgIpc) is 2.64. The Morgan fingerprint density at radius 3 is 2.63 bits per heavy atom. The molecule has 0 radical (unpaired) electrons. The Kier molecular flexibility index (Phi) is 3.14. The number of nitrogens with one attached hydrogen (secondary N) is 2. The van der Waals surface area contributed by atoms with E-state index in [9.17, 15) is 26.4 Å². The summed E-state index contributed by atoms with van der Waals surface area (Å²) in [6, 6.07) is 3.23. The van der Waals surface area contributed by atoms with Gasteiger partial charge in [0.05, 0.1) is 10.4 Å². The molecule has 0 bridgehead atoms. The van der Waals surface area contributed by atoms with Gasteiger partial charge in [0.2, 0.25) is 10.0 Å². The molecular weight excluding hydrogens is 289 g/mol. The topological polar surface area (TPSA) is 92.2 Å². The normalized spacial score (nSPS) is 13.0. The highest BCUT2D eigenvalue weighted by Gasteiger charge is 2.30. The van der Waals surface area contributed by atoms with E-state index in [1.165, 1.54) is 10.8 Å². The third-order valence-electron chi connectivity index (χ3n) is 2.16. The van der Waals surface area contributed by atoms with Crippen LogP contribution in [0.1, 0.15) is 0 Å². The Balaban J connectivity index is 2.34. The van der Waals surface area contributed by atoms with Gasteiger partial charge in [-0.2, -0.15) is 13.2 Å². The van der Waals surface area contributed by atoms with Gasteiger partial charge in [0.1, 0.15) is 6.54 Å². The van der Waals surface area contributed by atoms with Gasteiger partial charge in [-0.3, -0.25) is 4.98 Å². The van der Waals surface area contributed by atoms with Crippen molar-refractivity contribution in [2.45, 2.75) is 11.1 Å². The number of H-pyrrole nitrogens is 1. The minimum atomic E-state index is -4.65. The van der Waals surface area contributed by atoms with Crippen LogP contribution in [0.5, 0.6) is 0 Å². The first kappa shape index (κ1) is 13.6. The lowest BCUT2D eigenvalue weighted by Gasteiger charge is -2.09. The van der Waals surface area contributed by atoms with Crippen LogP contribution in [0.25, 0.3) is 11.1 Å². The molecule has 10 heteroatoms. The quantitative estimate of drug-likeness (QED) is 0.882. The first-order valence-corrected chi connectivity index (χ1v) is 6.35. The molecule has 0 fully saturated rings. The fourth-order valence-corrected chi connectivity index (χ4v) is 2.40. The zero-order valence-electron chi connectivity index (χ0n) is 9.11. The Morgan fingerprint density at radius 1 is 1.32 bits per heavy atom. The van der Waals surface area contributed by atoms with Crippen LogP contribution >= 0.6 is 0 Å². The number of benzene rings is 1. The summed E-state index contributed by atoms with van der Waals surface area (Å²) in [5.41, 5.74) is 0.194. The summed E-state index contributed by atoms with van der Waals surface area (Å²) >= 11 is 0. The Bertz CT molecular complexity index is 760. The summed E-state index contributed by atoms with van der Waals surface area (Å²) in [4.78, 5) is 12.7. The van der Waals surface area contributed by atoms with Crippen molar-refractivity contribution in [3.8, 4) is 0 Å². The number of sulfonamides is 1. The second kappa shape index (κ2) is 4.38. The van der Waals surface area contributed by atoms with Gasteiger partial charge in [-0.15, -0.1) is 0 Å². The number of hydrogen-bond acceptors (Lipinski definition) is 4. The zero-order valence-corrected chi connectivity index (χ0v) is 9.93. The van der Waals surface area contributed by atoms with Crippen molar-refractivity contribution in [1.29, 1.82) is 0 Å². The maximum absolute atomic E-state index is 12.0. The number of aromatic amines is 1. The van der Waals surface area contributed by atoms with Crippen LogP contribution in [-0.2, 0) is 10.0 Å². The van der Waals surface area contributed by atoms with Gasteiger partial charge in [0.15, 0.2) is 5.58 Å². The molecule has 104 valence electrons. The van der Waals surface area contributed by atoms with E-state index in [1.807, 2.05) is 0 Å². The highest BCUT2D eigenvalue weighted by atomic mass is 32.2. The van der Waals surface area contributed by atoms with Gasteiger partial charge in [0, 0.05) is 0 Å². The van der Waals surface area contributed by atoms with Crippen molar-refractivity contribution in [3.63, 3.8) is 0 Å². The van der Waals surface area contributed by atoms with Crippen molar-refractivity contribution in [2.75, 3.05) is 6.54 Å². The third kappa shape index (κ3) is 3.15. The van der Waals surface area contributed by atoms with Crippen molar-refractivity contribution in [3.05, 3.63) is 28.7 Å². The Hall–Kier alpha value is -1.81. The molecule has 0 saturated heterocycles. The summed E-state index contributed by atoms with van der Waals surface area (Å²) in [6.07, 6.45) is -4.65. The molecule has 2 rings (SSSR count). The molecular formula is C9H7F3N2O4S. The summed E-state index contributed by atoms with van der Waals surface area (Å²) in [5, 5.41) is 0. The van der Waals surface area contributed by atoms with E-state index in [0.717, 1.165) is 12.1 Å². The third-order valence-corrected chi connectivity index (χ3v) is 3.56. The van der Waals surface area contributed by atoms with Gasteiger partial charge in [-0.05, 0) is 18.2 Å². The number of halogens is 3. The molecule has 0 aliphatic carbocycles. The lowest BCUT2D eigenvalue weighted by atomic mass is 10.3. The minimum Gasteiger partial charge on any atom is -0.408 e. The van der Waals surface area contributed by atoms with Crippen molar-refractivity contribution in [2.24, 2.45) is 0 Å². The van der Waals surface area contributed by atoms with Crippen LogP contribution in [0.2, 0.25) is 0 Å². The van der Waals surface area contributed by atoms with Gasteiger partial charge >= 0.3 is 11.9 Å². The molecule has 0 saturated carbocycles. The number of hydrogen-bond donors (Lipinski definition) is 2. The van der Waals surface area contributed by atoms with Crippen LogP contribution in [0.3, 0.4) is 0 Å². The molecule has 2 N–H and O–H groups in total. The molecule has 0 amide bonds. The fourth-order valence-electron chi connectivity index (χ4n) is 1.36. The molecule has 0 aliphatic heterocycles. The number of aromatic nitrogens is 1. The van der Waals surface area contributed by atoms with E-state index in [2.05, 4.69) is 9.40 Å². The SMILES string of the molecule is O=c1[nH]c2cc(S(=O)(=O)NCC(F)(F)F)ccc2o1. The van der Waals surface area contributed by atoms with Crippen LogP contribution in [0.4, 0.5) is 13.2 Å². The molecule has 1 heterocycles. The Labute approximate surface area is 104 Å². The summed E-state index contributed by atoms with van der Waals surface area (Å²) in [7, 11) is -4.31. The first-order chi connectivity index (χ1) is 8.67. The molecule has 1 aromatic carbocycles. The molecule has 19 heavy (non-hydrogen) atoms.